The first kappa shape index (κ1) is 99.0. The van der Waals surface area contributed by atoms with Gasteiger partial charge in [0, 0.05) is 7.11 Å². The van der Waals surface area contributed by atoms with Crippen LogP contribution >= 0.6 is 0 Å². The standard InChI is InChI=1S/C23H23OS.C22H23OS.C21H21O2S.C18H12F3S.C18H13F2S.C18H14FS/c1-3-11-21(12-4-1)25(22-13-5-2-6-14-22)23-17-15-20(16-18-23)24-19-9-7-8-10-19;1-2-3-18-23-19-14-16-22(17-15-19)24(20-10-6-4-7-11-20)21-12-8-5-9-13-21;1-22-16-17-23-18-12-14-21(15-13-18)24(19-8-4-2-5-9-19)20-10-6-3-7-11-20;19-13-1-7-16(8-2-13)22(17-9-3-14(20)4-10-17)18-11-5-15(21)6-12-18;19-14-6-10-17(11-7-14)21(16-4-2-1-3-5-16)18-12-8-15(20)9-13-18;19-15-11-13-18(14-12-15)20(16-7-3-1-4-8-16)17-9-5-2-6-10-17/h1-6,11-19H,7-10H2;4-17H,2-3,18H2,1H3;2-15H,16-17H2,1H3;1-12H;1-13H;1-14H/q6*+1. The maximum Gasteiger partial charge on any atom is 0.166 e. The van der Waals surface area contributed by atoms with Gasteiger partial charge in [0.1, 0.15) is 58.8 Å². The molecule has 18 aromatic carbocycles. The molecule has 0 amide bonds. The van der Waals surface area contributed by atoms with Crippen LogP contribution in [0, 0.1) is 34.9 Å². The molecule has 0 heterocycles. The van der Waals surface area contributed by atoms with E-state index in [1.165, 1.54) is 152 Å². The van der Waals surface area contributed by atoms with Gasteiger partial charge in [-0.15, -0.1) is 0 Å². The zero-order valence-electron chi connectivity index (χ0n) is 75.6. The smallest absolute Gasteiger partial charge is 0.166 e. The van der Waals surface area contributed by atoms with E-state index in [1.807, 2.05) is 91.0 Å². The summed E-state index contributed by atoms with van der Waals surface area (Å²) in [5.74, 6) is 1.18. The Morgan fingerprint density at radius 2 is 0.360 bits per heavy atom. The van der Waals surface area contributed by atoms with Crippen LogP contribution < -0.4 is 14.2 Å². The summed E-state index contributed by atoms with van der Waals surface area (Å²) in [5, 5.41) is 0. The van der Waals surface area contributed by atoms with E-state index in [-0.39, 0.29) is 89.4 Å². The highest BCUT2D eigenvalue weighted by molar-refractivity contribution is 7.98. The average molecular weight is 1920 g/mol. The van der Waals surface area contributed by atoms with Gasteiger partial charge < -0.3 is 18.9 Å². The SMILES string of the molecule is CCCCOc1ccc([S+](c2ccccc2)c2ccccc2)cc1.COCCOc1ccc([S+](c2ccccc2)c2ccccc2)cc1.Fc1ccc([S+](c2ccc(F)cc2)c2ccc(F)cc2)cc1.Fc1ccc([S+](c2ccccc2)c2ccc(F)cc2)cc1.Fc1ccc([S+](c2ccccc2)c2ccccc2)cc1.c1ccc([S+](c2ccccc2)c2ccc(OC3CCCC3)cc2)cc1. The molecule has 4 nitrogen and oxygen atoms in total. The van der Waals surface area contributed by atoms with Crippen molar-refractivity contribution in [1.82, 2.24) is 0 Å². The number of ether oxygens (including phenoxy) is 4. The van der Waals surface area contributed by atoms with Crippen molar-refractivity contribution in [2.75, 3.05) is 26.9 Å². The number of hydrogen-bond acceptors (Lipinski definition) is 4. The molecule has 0 saturated heterocycles. The van der Waals surface area contributed by atoms with Crippen molar-refractivity contribution in [3.63, 3.8) is 0 Å². The quantitative estimate of drug-likeness (QED) is 0.0278. The van der Waals surface area contributed by atoms with E-state index in [9.17, 15) is 26.3 Å². The highest BCUT2D eigenvalue weighted by Gasteiger charge is 2.35. The molecule has 0 N–H and O–H groups in total. The molecular weight excluding hydrogens is 1810 g/mol. The predicted molar refractivity (Wildman–Crippen MR) is 549 cm³/mol. The van der Waals surface area contributed by atoms with Crippen molar-refractivity contribution < 1.29 is 45.3 Å². The molecule has 19 rings (SSSR count). The maximum absolute atomic E-state index is 13.2. The number of unbranched alkanes of at least 4 members (excludes halogenated alkanes) is 1. The zero-order chi connectivity index (χ0) is 94.1. The van der Waals surface area contributed by atoms with Gasteiger partial charge in [-0.1, -0.05) is 177 Å². The van der Waals surface area contributed by atoms with Crippen LogP contribution in [0.15, 0.2) is 579 Å². The Balaban J connectivity index is 0.000000131. The van der Waals surface area contributed by atoms with Gasteiger partial charge >= 0.3 is 0 Å². The Morgan fingerprint density at radius 1 is 0.199 bits per heavy atom. The molecular formula is C120H106F6O4S6+6. The second-order valence-corrected chi connectivity index (χ2v) is 43.0. The number of halogens is 6. The topological polar surface area (TPSA) is 36.9 Å². The first-order valence-electron chi connectivity index (χ1n) is 45.0. The first-order valence-corrected chi connectivity index (χ1v) is 52.4. The molecule has 18 aromatic rings. The molecule has 0 radical (unpaired) electrons. The van der Waals surface area contributed by atoms with Crippen LogP contribution in [0.1, 0.15) is 45.4 Å². The fourth-order valence-corrected chi connectivity index (χ4v) is 27.1. The lowest BCUT2D eigenvalue weighted by Gasteiger charge is -2.13. The summed E-state index contributed by atoms with van der Waals surface area (Å²) in [6.45, 7) is 4.13. The van der Waals surface area contributed by atoms with Gasteiger partial charge in [-0.05, 0) is 360 Å². The van der Waals surface area contributed by atoms with E-state index in [1.54, 1.807) is 67.8 Å². The lowest BCUT2D eigenvalue weighted by Crippen LogP contribution is -2.11. The Bertz CT molecular complexity index is 5970. The van der Waals surface area contributed by atoms with Crippen molar-refractivity contribution in [2.24, 2.45) is 0 Å². The Labute approximate surface area is 814 Å². The van der Waals surface area contributed by atoms with Gasteiger partial charge in [0.25, 0.3) is 0 Å². The molecule has 0 bridgehead atoms. The average Bonchev–Trinajstić information content (AvgIpc) is 0.853. The van der Waals surface area contributed by atoms with Gasteiger partial charge in [-0.2, -0.15) is 0 Å². The highest BCUT2D eigenvalue weighted by atomic mass is 32.2. The maximum atomic E-state index is 13.2. The predicted octanol–water partition coefficient (Wildman–Crippen LogP) is 32.1. The minimum Gasteiger partial charge on any atom is -0.494 e. The van der Waals surface area contributed by atoms with Crippen molar-refractivity contribution in [2.45, 2.75) is 140 Å². The van der Waals surface area contributed by atoms with Crippen LogP contribution in [0.4, 0.5) is 26.3 Å². The van der Waals surface area contributed by atoms with E-state index in [2.05, 4.69) is 274 Å². The minimum absolute atomic E-state index is 0.0824. The van der Waals surface area contributed by atoms with Crippen molar-refractivity contribution in [1.29, 1.82) is 0 Å². The second kappa shape index (κ2) is 53.3. The van der Waals surface area contributed by atoms with Gasteiger partial charge in [0.15, 0.2) is 88.1 Å². The van der Waals surface area contributed by atoms with E-state index >= 15 is 0 Å². The summed E-state index contributed by atoms with van der Waals surface area (Å²) in [6, 6.07) is 159. The summed E-state index contributed by atoms with van der Waals surface area (Å²) < 4.78 is 102. The summed E-state index contributed by atoms with van der Waals surface area (Å²) in [5.41, 5.74) is 0. The van der Waals surface area contributed by atoms with Crippen molar-refractivity contribution in [3.8, 4) is 17.2 Å². The van der Waals surface area contributed by atoms with Crippen LogP contribution in [0.5, 0.6) is 17.2 Å². The molecule has 1 aliphatic carbocycles. The van der Waals surface area contributed by atoms with E-state index in [4.69, 9.17) is 18.9 Å². The lowest BCUT2D eigenvalue weighted by molar-refractivity contribution is 0.146. The molecule has 0 aliphatic heterocycles. The molecule has 0 atom stereocenters. The number of methoxy groups -OCH3 is 1. The molecule has 0 unspecified atom stereocenters. The second-order valence-electron chi connectivity index (χ2n) is 30.9. The van der Waals surface area contributed by atoms with Gasteiger partial charge in [-0.25, -0.2) is 26.3 Å². The van der Waals surface area contributed by atoms with Gasteiger partial charge in [0.05, 0.1) is 84.7 Å². The zero-order valence-corrected chi connectivity index (χ0v) is 80.5. The largest absolute Gasteiger partial charge is 0.494 e. The first-order chi connectivity index (χ1) is 66.9. The molecule has 1 saturated carbocycles. The van der Waals surface area contributed by atoms with Gasteiger partial charge in [0.2, 0.25) is 0 Å². The molecule has 0 spiro atoms. The Morgan fingerprint density at radius 3 is 0.537 bits per heavy atom. The lowest BCUT2D eigenvalue weighted by atomic mass is 10.3. The van der Waals surface area contributed by atoms with Crippen LogP contribution in [-0.2, 0) is 70.1 Å². The normalized spacial score (nSPS) is 11.5. The molecule has 0 aromatic heterocycles. The monoisotopic (exact) mass is 1920 g/mol. The van der Waals surface area contributed by atoms with Crippen molar-refractivity contribution >= 4 is 65.4 Å². The van der Waals surface area contributed by atoms with Gasteiger partial charge in [-0.3, -0.25) is 0 Å². The highest BCUT2D eigenvalue weighted by Crippen LogP contribution is 2.39. The van der Waals surface area contributed by atoms with Crippen LogP contribution in [-0.4, -0.2) is 33.0 Å². The van der Waals surface area contributed by atoms with Crippen molar-refractivity contribution in [3.05, 3.63) is 526 Å². The minimum atomic E-state index is -0.539. The third kappa shape index (κ3) is 29.8. The third-order valence-corrected chi connectivity index (χ3v) is 34.6. The van der Waals surface area contributed by atoms with E-state index in [0.717, 1.165) is 71.0 Å². The molecule has 136 heavy (non-hydrogen) atoms. The van der Waals surface area contributed by atoms with E-state index < -0.39 is 10.9 Å². The molecule has 1 fully saturated rings. The summed E-state index contributed by atoms with van der Waals surface area (Å²) in [6.07, 6.45) is 7.65. The fourth-order valence-electron chi connectivity index (χ4n) is 14.7. The third-order valence-electron chi connectivity index (χ3n) is 21.2. The van der Waals surface area contributed by atoms with Crippen LogP contribution in [0.25, 0.3) is 0 Å². The summed E-state index contributed by atoms with van der Waals surface area (Å²) in [7, 11) is 0.306. The Hall–Kier alpha value is -13.0. The molecule has 1 aliphatic rings. The number of benzene rings is 18. The molecule has 16 heteroatoms. The summed E-state index contributed by atoms with van der Waals surface area (Å²) >= 11 is 0. The fraction of sp³-hybridized carbons (Fsp3) is 0.100. The Kier molecular flexibility index (Phi) is 38.8. The molecule has 682 valence electrons. The number of hydrogen-bond donors (Lipinski definition) is 0. The summed E-state index contributed by atoms with van der Waals surface area (Å²) in [4.78, 5) is 21.3. The van der Waals surface area contributed by atoms with Crippen LogP contribution in [0.2, 0.25) is 0 Å². The number of rotatable bonds is 28. The van der Waals surface area contributed by atoms with E-state index in [0.29, 0.717) is 19.3 Å². The van der Waals surface area contributed by atoms with Crippen LogP contribution in [0.3, 0.4) is 0 Å².